The maximum atomic E-state index is 11.7. The molecular formula is C11H22N2O. The zero-order chi connectivity index (χ0) is 10.6. The van der Waals surface area contributed by atoms with Crippen molar-refractivity contribution in [3.63, 3.8) is 0 Å². The van der Waals surface area contributed by atoms with Crippen molar-refractivity contribution in [3.05, 3.63) is 0 Å². The van der Waals surface area contributed by atoms with Gasteiger partial charge in [0.2, 0.25) is 5.91 Å². The molecule has 0 unspecified atom stereocenters. The minimum atomic E-state index is 0.225. The van der Waals surface area contributed by atoms with Crippen LogP contribution in [0, 0.1) is 0 Å². The fourth-order valence-electron chi connectivity index (χ4n) is 1.86. The Hall–Kier alpha value is -0.570. The first-order valence-electron chi connectivity index (χ1n) is 5.64. The van der Waals surface area contributed by atoms with Crippen molar-refractivity contribution in [1.82, 2.24) is 10.2 Å². The molecule has 1 fully saturated rings. The predicted molar refractivity (Wildman–Crippen MR) is 58.2 cm³/mol. The molecule has 0 saturated heterocycles. The quantitative estimate of drug-likeness (QED) is 0.724. The fourth-order valence-corrected chi connectivity index (χ4v) is 1.86. The van der Waals surface area contributed by atoms with Crippen molar-refractivity contribution in [2.75, 3.05) is 19.6 Å². The van der Waals surface area contributed by atoms with Gasteiger partial charge in [-0.1, -0.05) is 0 Å². The Morgan fingerprint density at radius 1 is 1.36 bits per heavy atom. The Labute approximate surface area is 86.9 Å². The van der Waals surface area contributed by atoms with Crippen LogP contribution in [0.1, 0.15) is 40.0 Å². The summed E-state index contributed by atoms with van der Waals surface area (Å²) >= 11 is 0. The van der Waals surface area contributed by atoms with Crippen LogP contribution in [0.15, 0.2) is 0 Å². The van der Waals surface area contributed by atoms with Crippen LogP contribution in [0.5, 0.6) is 0 Å². The smallest absolute Gasteiger partial charge is 0.236 e. The van der Waals surface area contributed by atoms with E-state index >= 15 is 0 Å². The van der Waals surface area contributed by atoms with Gasteiger partial charge in [0, 0.05) is 18.6 Å². The van der Waals surface area contributed by atoms with E-state index in [1.54, 1.807) is 0 Å². The number of nitrogens with zero attached hydrogens (tertiary/aromatic N) is 1. The first-order valence-corrected chi connectivity index (χ1v) is 5.64. The van der Waals surface area contributed by atoms with Crippen LogP contribution < -0.4 is 5.32 Å². The van der Waals surface area contributed by atoms with Gasteiger partial charge in [-0.25, -0.2) is 0 Å². The second kappa shape index (κ2) is 4.78. The lowest BCUT2D eigenvalue weighted by Gasteiger charge is -2.39. The zero-order valence-electron chi connectivity index (χ0n) is 9.60. The van der Waals surface area contributed by atoms with Crippen LogP contribution in [0.3, 0.4) is 0 Å². The molecule has 0 radical (unpaired) electrons. The molecule has 1 aliphatic carbocycles. The van der Waals surface area contributed by atoms with Crippen molar-refractivity contribution in [1.29, 1.82) is 0 Å². The van der Waals surface area contributed by atoms with Crippen molar-refractivity contribution in [2.45, 2.75) is 45.6 Å². The van der Waals surface area contributed by atoms with Crippen LogP contribution in [0.25, 0.3) is 0 Å². The standard InChI is InChI=1S/C11H22N2O/c1-4-13(5-2)10(14)9-12-11(3)7-6-8-11/h12H,4-9H2,1-3H3. The van der Waals surface area contributed by atoms with Gasteiger partial charge < -0.3 is 10.2 Å². The molecule has 1 rings (SSSR count). The average molecular weight is 198 g/mol. The topological polar surface area (TPSA) is 32.3 Å². The van der Waals surface area contributed by atoms with E-state index in [1.165, 1.54) is 19.3 Å². The Balaban J connectivity index is 2.26. The summed E-state index contributed by atoms with van der Waals surface area (Å²) in [5, 5.41) is 3.35. The largest absolute Gasteiger partial charge is 0.342 e. The molecule has 1 saturated carbocycles. The maximum absolute atomic E-state index is 11.7. The lowest BCUT2D eigenvalue weighted by molar-refractivity contribution is -0.130. The maximum Gasteiger partial charge on any atom is 0.236 e. The number of rotatable bonds is 5. The highest BCUT2D eigenvalue weighted by Gasteiger charge is 2.31. The molecule has 0 spiro atoms. The Bertz CT molecular complexity index is 195. The van der Waals surface area contributed by atoms with E-state index in [2.05, 4.69) is 12.2 Å². The first kappa shape index (κ1) is 11.5. The van der Waals surface area contributed by atoms with Gasteiger partial charge in [0.15, 0.2) is 0 Å². The molecule has 0 aliphatic heterocycles. The van der Waals surface area contributed by atoms with Crippen LogP contribution in [-0.4, -0.2) is 36.0 Å². The summed E-state index contributed by atoms with van der Waals surface area (Å²) in [4.78, 5) is 13.5. The van der Waals surface area contributed by atoms with Crippen molar-refractivity contribution >= 4 is 5.91 Å². The van der Waals surface area contributed by atoms with E-state index in [4.69, 9.17) is 0 Å². The van der Waals surface area contributed by atoms with E-state index in [1.807, 2.05) is 18.7 Å². The molecule has 0 atom stereocenters. The lowest BCUT2D eigenvalue weighted by atomic mass is 9.78. The van der Waals surface area contributed by atoms with Crippen LogP contribution >= 0.6 is 0 Å². The summed E-state index contributed by atoms with van der Waals surface area (Å²) in [6.45, 7) is 8.37. The van der Waals surface area contributed by atoms with E-state index in [0.717, 1.165) is 13.1 Å². The molecule has 0 heterocycles. The van der Waals surface area contributed by atoms with Gasteiger partial charge in [-0.2, -0.15) is 0 Å². The molecule has 3 nitrogen and oxygen atoms in total. The molecule has 1 N–H and O–H groups in total. The second-order valence-corrected chi connectivity index (χ2v) is 4.33. The highest BCUT2D eigenvalue weighted by Crippen LogP contribution is 2.30. The monoisotopic (exact) mass is 198 g/mol. The third kappa shape index (κ3) is 2.71. The molecule has 0 aromatic carbocycles. The van der Waals surface area contributed by atoms with E-state index in [9.17, 15) is 4.79 Å². The van der Waals surface area contributed by atoms with Crippen molar-refractivity contribution in [3.8, 4) is 0 Å². The molecule has 1 amide bonds. The van der Waals surface area contributed by atoms with Gasteiger partial charge >= 0.3 is 0 Å². The predicted octanol–water partition coefficient (Wildman–Crippen LogP) is 1.39. The minimum Gasteiger partial charge on any atom is -0.342 e. The summed E-state index contributed by atoms with van der Waals surface area (Å²) in [5.41, 5.74) is 0.239. The molecule has 0 aromatic heterocycles. The highest BCUT2D eigenvalue weighted by molar-refractivity contribution is 5.78. The SMILES string of the molecule is CCN(CC)C(=O)CNC1(C)CCC1. The number of carbonyl (C=O) groups excluding carboxylic acids is 1. The average Bonchev–Trinajstić information content (AvgIpc) is 2.13. The number of hydrogen-bond donors (Lipinski definition) is 1. The summed E-state index contributed by atoms with van der Waals surface area (Å²) < 4.78 is 0. The summed E-state index contributed by atoms with van der Waals surface area (Å²) in [7, 11) is 0. The Morgan fingerprint density at radius 3 is 2.29 bits per heavy atom. The molecule has 0 aromatic rings. The van der Waals surface area contributed by atoms with Gasteiger partial charge in [0.25, 0.3) is 0 Å². The number of hydrogen-bond acceptors (Lipinski definition) is 2. The van der Waals surface area contributed by atoms with Gasteiger partial charge in [-0.3, -0.25) is 4.79 Å². The number of likely N-dealkylation sites (N-methyl/N-ethyl adjacent to an activating group) is 1. The molecular weight excluding hydrogens is 176 g/mol. The van der Waals surface area contributed by atoms with Crippen LogP contribution in [-0.2, 0) is 4.79 Å². The molecule has 0 bridgehead atoms. The molecule has 1 aliphatic rings. The van der Waals surface area contributed by atoms with Crippen LogP contribution in [0.4, 0.5) is 0 Å². The molecule has 14 heavy (non-hydrogen) atoms. The Kier molecular flexibility index (Phi) is 3.93. The van der Waals surface area contributed by atoms with Crippen LogP contribution in [0.2, 0.25) is 0 Å². The van der Waals surface area contributed by atoms with Gasteiger partial charge in [-0.15, -0.1) is 0 Å². The zero-order valence-corrected chi connectivity index (χ0v) is 9.60. The fraction of sp³-hybridized carbons (Fsp3) is 0.909. The van der Waals surface area contributed by atoms with Gasteiger partial charge in [0.1, 0.15) is 0 Å². The highest BCUT2D eigenvalue weighted by atomic mass is 16.2. The van der Waals surface area contributed by atoms with Gasteiger partial charge in [-0.05, 0) is 40.0 Å². The summed E-state index contributed by atoms with van der Waals surface area (Å²) in [6, 6.07) is 0. The summed E-state index contributed by atoms with van der Waals surface area (Å²) in [5.74, 6) is 0.225. The summed E-state index contributed by atoms with van der Waals surface area (Å²) in [6.07, 6.45) is 3.71. The third-order valence-electron chi connectivity index (χ3n) is 3.24. The Morgan fingerprint density at radius 2 is 1.93 bits per heavy atom. The first-order chi connectivity index (χ1) is 6.61. The van der Waals surface area contributed by atoms with Gasteiger partial charge in [0.05, 0.1) is 6.54 Å². The normalized spacial score (nSPS) is 18.8. The van der Waals surface area contributed by atoms with Crippen molar-refractivity contribution in [2.24, 2.45) is 0 Å². The second-order valence-electron chi connectivity index (χ2n) is 4.33. The third-order valence-corrected chi connectivity index (χ3v) is 3.24. The molecule has 82 valence electrons. The lowest BCUT2D eigenvalue weighted by Crippen LogP contribution is -2.52. The van der Waals surface area contributed by atoms with E-state index in [-0.39, 0.29) is 11.4 Å². The molecule has 3 heteroatoms. The minimum absolute atomic E-state index is 0.225. The number of nitrogens with one attached hydrogen (secondary N) is 1. The van der Waals surface area contributed by atoms with E-state index < -0.39 is 0 Å². The van der Waals surface area contributed by atoms with Crippen molar-refractivity contribution < 1.29 is 4.79 Å². The number of amides is 1. The van der Waals surface area contributed by atoms with E-state index in [0.29, 0.717) is 6.54 Å². The number of carbonyl (C=O) groups is 1.